The Hall–Kier alpha value is -4.16. The standard InChI is InChI=1S/C27H22BrFN4O5S/c1-2-38-26(37)17-5-11-20(12-6-17)30-23(34)15-22-25(36)32(21-13-9-19(29)10-14-21)27(39)33(22)31-24(35)16-3-7-18(28)8-4-16/h3-14,22H,2,15H2,1H3,(H,30,34)(H,31,35). The van der Waals surface area contributed by atoms with Gasteiger partial charge in [0.2, 0.25) is 11.0 Å². The quantitative estimate of drug-likeness (QED) is 0.286. The predicted molar refractivity (Wildman–Crippen MR) is 149 cm³/mol. The van der Waals surface area contributed by atoms with Crippen molar-refractivity contribution in [2.24, 2.45) is 0 Å². The number of rotatable bonds is 8. The molecule has 0 aliphatic carbocycles. The molecule has 1 heterocycles. The molecule has 0 radical (unpaired) electrons. The minimum atomic E-state index is -1.18. The number of nitrogens with one attached hydrogen (secondary N) is 2. The van der Waals surface area contributed by atoms with Gasteiger partial charge in [0.15, 0.2) is 0 Å². The van der Waals surface area contributed by atoms with Crippen LogP contribution in [-0.4, -0.2) is 46.5 Å². The molecule has 0 aromatic heterocycles. The van der Waals surface area contributed by atoms with Crippen LogP contribution in [0.4, 0.5) is 15.8 Å². The number of halogens is 2. The minimum Gasteiger partial charge on any atom is -0.462 e. The summed E-state index contributed by atoms with van der Waals surface area (Å²) >= 11 is 8.81. The molecule has 1 unspecified atom stereocenters. The summed E-state index contributed by atoms with van der Waals surface area (Å²) < 4.78 is 19.2. The van der Waals surface area contributed by atoms with Crippen molar-refractivity contribution in [3.63, 3.8) is 0 Å². The second kappa shape index (κ2) is 12.1. The normalized spacial score (nSPS) is 14.8. The largest absolute Gasteiger partial charge is 0.462 e. The summed E-state index contributed by atoms with van der Waals surface area (Å²) in [7, 11) is 0. The van der Waals surface area contributed by atoms with Crippen LogP contribution in [0.25, 0.3) is 0 Å². The highest BCUT2D eigenvalue weighted by atomic mass is 79.9. The molecule has 3 aromatic rings. The first kappa shape index (κ1) is 27.9. The molecule has 200 valence electrons. The highest BCUT2D eigenvalue weighted by molar-refractivity contribution is 9.10. The van der Waals surface area contributed by atoms with E-state index >= 15 is 0 Å². The molecule has 0 bridgehead atoms. The number of nitrogens with zero attached hydrogens (tertiary/aromatic N) is 2. The molecule has 0 saturated carbocycles. The first-order valence-electron chi connectivity index (χ1n) is 11.7. The number of hydrogen-bond acceptors (Lipinski definition) is 6. The van der Waals surface area contributed by atoms with Crippen molar-refractivity contribution in [1.82, 2.24) is 10.4 Å². The van der Waals surface area contributed by atoms with Crippen molar-refractivity contribution in [2.45, 2.75) is 19.4 Å². The second-order valence-corrected chi connectivity index (χ2v) is 9.60. The van der Waals surface area contributed by atoms with Gasteiger partial charge in [0.1, 0.15) is 11.9 Å². The van der Waals surface area contributed by atoms with Crippen molar-refractivity contribution in [2.75, 3.05) is 16.8 Å². The van der Waals surface area contributed by atoms with Crippen LogP contribution in [0.1, 0.15) is 34.1 Å². The van der Waals surface area contributed by atoms with Gasteiger partial charge in [0.25, 0.3) is 11.8 Å². The van der Waals surface area contributed by atoms with Gasteiger partial charge in [-0.15, -0.1) is 0 Å². The van der Waals surface area contributed by atoms with E-state index in [4.69, 9.17) is 17.0 Å². The molecule has 1 atom stereocenters. The lowest BCUT2D eigenvalue weighted by atomic mass is 10.1. The molecule has 3 amide bonds. The zero-order chi connectivity index (χ0) is 28.1. The molecule has 9 nitrogen and oxygen atoms in total. The van der Waals surface area contributed by atoms with E-state index < -0.39 is 35.5 Å². The fourth-order valence-corrected chi connectivity index (χ4v) is 4.43. The third kappa shape index (κ3) is 6.47. The summed E-state index contributed by atoms with van der Waals surface area (Å²) in [6.07, 6.45) is -0.364. The number of carbonyl (C=O) groups excluding carboxylic acids is 4. The Balaban J connectivity index is 1.54. The fourth-order valence-electron chi connectivity index (χ4n) is 3.79. The van der Waals surface area contributed by atoms with E-state index in [0.29, 0.717) is 16.8 Å². The first-order valence-corrected chi connectivity index (χ1v) is 12.9. The number of hydrazine groups is 1. The lowest BCUT2D eigenvalue weighted by molar-refractivity contribution is -0.124. The maximum atomic E-state index is 13.5. The Morgan fingerprint density at radius 3 is 2.21 bits per heavy atom. The van der Waals surface area contributed by atoms with Crippen LogP contribution in [0.15, 0.2) is 77.3 Å². The number of hydrogen-bond donors (Lipinski definition) is 2. The molecular formula is C27H22BrFN4O5S. The van der Waals surface area contributed by atoms with Crippen molar-refractivity contribution in [3.8, 4) is 0 Å². The van der Waals surface area contributed by atoms with E-state index in [1.807, 2.05) is 0 Å². The fraction of sp³-hybridized carbons (Fsp3) is 0.148. The van der Waals surface area contributed by atoms with Crippen LogP contribution >= 0.6 is 28.1 Å². The summed E-state index contributed by atoms with van der Waals surface area (Å²) in [5.41, 5.74) is 3.93. The number of ether oxygens (including phenoxy) is 1. The molecule has 12 heteroatoms. The van der Waals surface area contributed by atoms with Gasteiger partial charge in [-0.2, -0.15) is 0 Å². The third-order valence-electron chi connectivity index (χ3n) is 5.69. The number of esters is 1. The van der Waals surface area contributed by atoms with E-state index in [0.717, 1.165) is 14.4 Å². The molecule has 1 fully saturated rings. The van der Waals surface area contributed by atoms with Crippen molar-refractivity contribution < 1.29 is 28.3 Å². The van der Waals surface area contributed by atoms with E-state index in [9.17, 15) is 23.6 Å². The van der Waals surface area contributed by atoms with Crippen LogP contribution in [-0.2, 0) is 14.3 Å². The van der Waals surface area contributed by atoms with E-state index in [2.05, 4.69) is 26.7 Å². The molecule has 2 N–H and O–H groups in total. The van der Waals surface area contributed by atoms with Crippen LogP contribution in [0, 0.1) is 5.82 Å². The van der Waals surface area contributed by atoms with Gasteiger partial charge in [-0.3, -0.25) is 24.7 Å². The summed E-state index contributed by atoms with van der Waals surface area (Å²) in [5, 5.41) is 3.76. The molecular weight excluding hydrogens is 591 g/mol. The summed E-state index contributed by atoms with van der Waals surface area (Å²) in [4.78, 5) is 52.4. The number of carbonyl (C=O) groups is 4. The van der Waals surface area contributed by atoms with Crippen molar-refractivity contribution in [3.05, 3.63) is 94.2 Å². The maximum Gasteiger partial charge on any atom is 0.338 e. The average Bonchev–Trinajstić information content (AvgIpc) is 3.14. The Bertz CT molecular complexity index is 1420. The molecule has 1 saturated heterocycles. The van der Waals surface area contributed by atoms with Gasteiger partial charge in [-0.1, -0.05) is 15.9 Å². The maximum absolute atomic E-state index is 13.5. The van der Waals surface area contributed by atoms with Gasteiger partial charge < -0.3 is 10.1 Å². The topological polar surface area (TPSA) is 108 Å². The lowest BCUT2D eigenvalue weighted by Crippen LogP contribution is -2.49. The van der Waals surface area contributed by atoms with Gasteiger partial charge in [-0.25, -0.2) is 14.2 Å². The second-order valence-electron chi connectivity index (χ2n) is 8.32. The predicted octanol–water partition coefficient (Wildman–Crippen LogP) is 4.44. The average molecular weight is 613 g/mol. The minimum absolute atomic E-state index is 0.0753. The van der Waals surface area contributed by atoms with Gasteiger partial charge in [0.05, 0.1) is 24.3 Å². The summed E-state index contributed by atoms with van der Waals surface area (Å²) in [5.74, 6) is -2.64. The van der Waals surface area contributed by atoms with Crippen LogP contribution in [0.3, 0.4) is 0 Å². The molecule has 1 aliphatic heterocycles. The highest BCUT2D eigenvalue weighted by Crippen LogP contribution is 2.27. The van der Waals surface area contributed by atoms with Gasteiger partial charge in [-0.05, 0) is 91.9 Å². The first-order chi connectivity index (χ1) is 18.7. The monoisotopic (exact) mass is 612 g/mol. The summed E-state index contributed by atoms with van der Waals surface area (Å²) in [6, 6.07) is 16.5. The number of thiocarbonyl (C=S) groups is 1. The Kier molecular flexibility index (Phi) is 8.67. The number of benzene rings is 3. The third-order valence-corrected chi connectivity index (χ3v) is 6.59. The Morgan fingerprint density at radius 1 is 0.974 bits per heavy atom. The van der Waals surface area contributed by atoms with Crippen LogP contribution < -0.4 is 15.6 Å². The molecule has 0 spiro atoms. The zero-order valence-corrected chi connectivity index (χ0v) is 22.9. The lowest BCUT2D eigenvalue weighted by Gasteiger charge is -2.24. The van der Waals surface area contributed by atoms with Gasteiger partial charge in [0, 0.05) is 15.7 Å². The van der Waals surface area contributed by atoms with E-state index in [-0.39, 0.29) is 23.8 Å². The summed E-state index contributed by atoms with van der Waals surface area (Å²) in [6.45, 7) is 1.93. The van der Waals surface area contributed by atoms with E-state index in [1.165, 1.54) is 48.5 Å². The molecule has 1 aliphatic rings. The van der Waals surface area contributed by atoms with Crippen molar-refractivity contribution >= 4 is 68.3 Å². The Labute approximate surface area is 237 Å². The number of anilines is 2. The molecule has 39 heavy (non-hydrogen) atoms. The van der Waals surface area contributed by atoms with Crippen LogP contribution in [0.5, 0.6) is 0 Å². The van der Waals surface area contributed by atoms with Crippen LogP contribution in [0.2, 0.25) is 0 Å². The molecule has 4 rings (SSSR count). The van der Waals surface area contributed by atoms with Crippen molar-refractivity contribution in [1.29, 1.82) is 0 Å². The van der Waals surface area contributed by atoms with E-state index in [1.54, 1.807) is 31.2 Å². The van der Waals surface area contributed by atoms with Gasteiger partial charge >= 0.3 is 5.97 Å². The Morgan fingerprint density at radius 2 is 1.59 bits per heavy atom. The number of amides is 3. The zero-order valence-electron chi connectivity index (χ0n) is 20.5. The smallest absolute Gasteiger partial charge is 0.338 e. The SMILES string of the molecule is CCOC(=O)c1ccc(NC(=O)CC2C(=O)N(c3ccc(F)cc3)C(=S)N2NC(=O)c2ccc(Br)cc2)cc1. The molecule has 3 aromatic carbocycles. The highest BCUT2D eigenvalue weighted by Gasteiger charge is 2.45.